The second-order valence-electron chi connectivity index (χ2n) is 5.69. The zero-order valence-corrected chi connectivity index (χ0v) is 11.3. The first-order chi connectivity index (χ1) is 7.72. The summed E-state index contributed by atoms with van der Waals surface area (Å²) >= 11 is 0. The van der Waals surface area contributed by atoms with E-state index in [2.05, 4.69) is 38.4 Å². The van der Waals surface area contributed by atoms with Crippen molar-refractivity contribution in [3.05, 3.63) is 12.2 Å². The fraction of sp³-hybridized carbons (Fsp3) is 0.867. The third-order valence-corrected chi connectivity index (χ3v) is 3.66. The van der Waals surface area contributed by atoms with Gasteiger partial charge in [0.15, 0.2) is 0 Å². The van der Waals surface area contributed by atoms with E-state index in [1.807, 2.05) is 0 Å². The highest BCUT2D eigenvalue weighted by Gasteiger charge is 2.16. The summed E-state index contributed by atoms with van der Waals surface area (Å²) in [6.45, 7) is 4.56. The van der Waals surface area contributed by atoms with Crippen molar-refractivity contribution in [1.29, 1.82) is 0 Å². The predicted octanol–water partition coefficient (Wildman–Crippen LogP) is 4.15. The van der Waals surface area contributed by atoms with E-state index in [0.717, 1.165) is 11.8 Å². The van der Waals surface area contributed by atoms with Crippen molar-refractivity contribution in [3.8, 4) is 0 Å². The number of hydrogen-bond donors (Lipinski definition) is 1. The number of allylic oxidation sites excluding steroid dienone is 1. The minimum atomic E-state index is 0.599. The van der Waals surface area contributed by atoms with E-state index >= 15 is 0 Å². The Morgan fingerprint density at radius 1 is 1.19 bits per heavy atom. The topological polar surface area (TPSA) is 12.0 Å². The van der Waals surface area contributed by atoms with Crippen molar-refractivity contribution in [3.63, 3.8) is 0 Å². The Kier molecular flexibility index (Phi) is 6.79. The molecule has 1 aliphatic rings. The molecule has 0 bridgehead atoms. The monoisotopic (exact) mass is 223 g/mol. The van der Waals surface area contributed by atoms with Crippen molar-refractivity contribution in [1.82, 2.24) is 5.32 Å². The fourth-order valence-electron chi connectivity index (χ4n) is 2.59. The molecule has 1 heteroatoms. The normalized spacial score (nSPS) is 20.8. The molecule has 16 heavy (non-hydrogen) atoms. The molecule has 0 aromatic carbocycles. The zero-order chi connectivity index (χ0) is 11.8. The van der Waals surface area contributed by atoms with Gasteiger partial charge in [0.1, 0.15) is 0 Å². The second kappa shape index (κ2) is 7.89. The SMILES string of the molecule is CN[C@@H](/C=C\CC(C)C)CC1CCCCC1. The van der Waals surface area contributed by atoms with E-state index in [4.69, 9.17) is 0 Å². The molecular weight excluding hydrogens is 194 g/mol. The van der Waals surface area contributed by atoms with Crippen molar-refractivity contribution < 1.29 is 0 Å². The first kappa shape index (κ1) is 13.8. The minimum absolute atomic E-state index is 0.599. The van der Waals surface area contributed by atoms with Crippen LogP contribution in [0.2, 0.25) is 0 Å². The van der Waals surface area contributed by atoms with Crippen LogP contribution in [0.3, 0.4) is 0 Å². The lowest BCUT2D eigenvalue weighted by Crippen LogP contribution is -2.26. The van der Waals surface area contributed by atoms with Gasteiger partial charge in [0.05, 0.1) is 0 Å². The van der Waals surface area contributed by atoms with Gasteiger partial charge in [0.2, 0.25) is 0 Å². The van der Waals surface area contributed by atoms with Crippen LogP contribution >= 0.6 is 0 Å². The van der Waals surface area contributed by atoms with Gasteiger partial charge in [-0.05, 0) is 31.7 Å². The molecular formula is C15H29N. The Balaban J connectivity index is 2.27. The standard InChI is InChI=1S/C15H29N/c1-13(2)8-7-11-15(16-3)12-14-9-5-4-6-10-14/h7,11,13-16H,4-6,8-10,12H2,1-3H3/b11-7-/t15-/m0/s1. The number of nitrogens with one attached hydrogen (secondary N) is 1. The van der Waals surface area contributed by atoms with Gasteiger partial charge in [-0.1, -0.05) is 58.1 Å². The quantitative estimate of drug-likeness (QED) is 0.667. The van der Waals surface area contributed by atoms with E-state index in [1.165, 1.54) is 44.9 Å². The highest BCUT2D eigenvalue weighted by molar-refractivity contribution is 4.94. The molecule has 1 rings (SSSR count). The molecule has 0 amide bonds. The van der Waals surface area contributed by atoms with E-state index in [0.29, 0.717) is 6.04 Å². The van der Waals surface area contributed by atoms with Crippen molar-refractivity contribution in [2.75, 3.05) is 7.05 Å². The summed E-state index contributed by atoms with van der Waals surface area (Å²) in [5, 5.41) is 3.44. The van der Waals surface area contributed by atoms with Crippen molar-refractivity contribution >= 4 is 0 Å². The summed E-state index contributed by atoms with van der Waals surface area (Å²) in [6, 6.07) is 0.599. The Labute approximate surface area is 102 Å². The first-order valence-electron chi connectivity index (χ1n) is 7.06. The second-order valence-corrected chi connectivity index (χ2v) is 5.69. The highest BCUT2D eigenvalue weighted by Crippen LogP contribution is 2.27. The molecule has 0 spiro atoms. The molecule has 0 aromatic heterocycles. The van der Waals surface area contributed by atoms with E-state index in [-0.39, 0.29) is 0 Å². The summed E-state index contributed by atoms with van der Waals surface area (Å²) in [5.74, 6) is 1.75. The lowest BCUT2D eigenvalue weighted by atomic mass is 9.84. The smallest absolute Gasteiger partial charge is 0.0249 e. The van der Waals surface area contributed by atoms with Crippen LogP contribution in [-0.2, 0) is 0 Å². The Morgan fingerprint density at radius 3 is 2.44 bits per heavy atom. The molecule has 0 saturated heterocycles. The molecule has 94 valence electrons. The van der Waals surface area contributed by atoms with Gasteiger partial charge in [-0.3, -0.25) is 0 Å². The van der Waals surface area contributed by atoms with E-state index in [9.17, 15) is 0 Å². The summed E-state index contributed by atoms with van der Waals surface area (Å²) in [6.07, 6.45) is 14.6. The van der Waals surface area contributed by atoms with E-state index in [1.54, 1.807) is 0 Å². The number of rotatable bonds is 6. The van der Waals surface area contributed by atoms with Gasteiger partial charge in [0.25, 0.3) is 0 Å². The van der Waals surface area contributed by atoms with Gasteiger partial charge in [0, 0.05) is 6.04 Å². The van der Waals surface area contributed by atoms with Gasteiger partial charge in [-0.25, -0.2) is 0 Å². The molecule has 1 saturated carbocycles. The Hall–Kier alpha value is -0.300. The molecule has 0 heterocycles. The van der Waals surface area contributed by atoms with Crippen molar-refractivity contribution in [2.45, 2.75) is 64.8 Å². The average Bonchev–Trinajstić information content (AvgIpc) is 2.28. The third kappa shape index (κ3) is 5.69. The largest absolute Gasteiger partial charge is 0.314 e. The van der Waals surface area contributed by atoms with Crippen LogP contribution in [0.25, 0.3) is 0 Å². The lowest BCUT2D eigenvalue weighted by Gasteiger charge is -2.24. The molecule has 0 aliphatic heterocycles. The van der Waals surface area contributed by atoms with Crippen LogP contribution in [0, 0.1) is 11.8 Å². The maximum atomic E-state index is 3.44. The van der Waals surface area contributed by atoms with Gasteiger partial charge in [-0.2, -0.15) is 0 Å². The molecule has 0 unspecified atom stereocenters. The fourth-order valence-corrected chi connectivity index (χ4v) is 2.59. The summed E-state index contributed by atoms with van der Waals surface area (Å²) < 4.78 is 0. The molecule has 1 atom stereocenters. The maximum Gasteiger partial charge on any atom is 0.0249 e. The summed E-state index contributed by atoms with van der Waals surface area (Å²) in [4.78, 5) is 0. The summed E-state index contributed by atoms with van der Waals surface area (Å²) in [7, 11) is 2.09. The molecule has 1 N–H and O–H groups in total. The molecule has 0 aromatic rings. The molecule has 1 aliphatic carbocycles. The molecule has 1 fully saturated rings. The summed E-state index contributed by atoms with van der Waals surface area (Å²) in [5.41, 5.74) is 0. The van der Waals surface area contributed by atoms with Crippen molar-refractivity contribution in [2.24, 2.45) is 11.8 Å². The number of likely N-dealkylation sites (N-methyl/N-ethyl adjacent to an activating group) is 1. The minimum Gasteiger partial charge on any atom is -0.314 e. The predicted molar refractivity (Wildman–Crippen MR) is 72.6 cm³/mol. The number of hydrogen-bond acceptors (Lipinski definition) is 1. The van der Waals surface area contributed by atoms with Crippen LogP contribution < -0.4 is 5.32 Å². The first-order valence-corrected chi connectivity index (χ1v) is 7.06. The lowest BCUT2D eigenvalue weighted by molar-refractivity contribution is 0.319. The Morgan fingerprint density at radius 2 is 1.88 bits per heavy atom. The molecule has 1 nitrogen and oxygen atoms in total. The van der Waals surface area contributed by atoms with Crippen LogP contribution in [0.1, 0.15) is 58.8 Å². The van der Waals surface area contributed by atoms with Crippen LogP contribution in [0.5, 0.6) is 0 Å². The average molecular weight is 223 g/mol. The third-order valence-electron chi connectivity index (χ3n) is 3.66. The van der Waals surface area contributed by atoms with Gasteiger partial charge < -0.3 is 5.32 Å². The Bertz CT molecular complexity index is 190. The van der Waals surface area contributed by atoms with Crippen LogP contribution in [0.15, 0.2) is 12.2 Å². The van der Waals surface area contributed by atoms with E-state index < -0.39 is 0 Å². The highest BCUT2D eigenvalue weighted by atomic mass is 14.9. The zero-order valence-electron chi connectivity index (χ0n) is 11.3. The van der Waals surface area contributed by atoms with Crippen LogP contribution in [-0.4, -0.2) is 13.1 Å². The van der Waals surface area contributed by atoms with Gasteiger partial charge >= 0.3 is 0 Å². The van der Waals surface area contributed by atoms with Gasteiger partial charge in [-0.15, -0.1) is 0 Å². The maximum absolute atomic E-state index is 3.44. The molecule has 0 radical (unpaired) electrons. The van der Waals surface area contributed by atoms with Crippen LogP contribution in [0.4, 0.5) is 0 Å².